The second kappa shape index (κ2) is 8.71. The van der Waals surface area contributed by atoms with Gasteiger partial charge in [0.15, 0.2) is 0 Å². The first kappa shape index (κ1) is 19.8. The maximum atomic E-state index is 12.4. The monoisotopic (exact) mass is 376 g/mol. The number of benzene rings is 2. The number of para-hydroxylation sites is 1. The number of methoxy groups -OCH3 is 1. The smallest absolute Gasteiger partial charge is 0.233 e. The Morgan fingerprint density at radius 1 is 1.15 bits per heavy atom. The van der Waals surface area contributed by atoms with E-state index in [4.69, 9.17) is 4.74 Å². The highest BCUT2D eigenvalue weighted by atomic mass is 32.2. The number of amides is 1. The lowest BCUT2D eigenvalue weighted by Gasteiger charge is -2.15. The van der Waals surface area contributed by atoms with Crippen LogP contribution in [-0.4, -0.2) is 27.2 Å². The predicted molar refractivity (Wildman–Crippen MR) is 104 cm³/mol. The van der Waals surface area contributed by atoms with Gasteiger partial charge in [-0.1, -0.05) is 38.1 Å². The zero-order chi connectivity index (χ0) is 19.2. The van der Waals surface area contributed by atoms with Gasteiger partial charge in [0.05, 0.1) is 24.5 Å². The molecule has 0 aliphatic heterocycles. The number of carbonyl (C=O) groups is 1. The highest BCUT2D eigenvalue weighted by Crippen LogP contribution is 2.20. The minimum Gasteiger partial charge on any atom is -0.497 e. The quantitative estimate of drug-likeness (QED) is 0.740. The zero-order valence-electron chi connectivity index (χ0n) is 15.2. The summed E-state index contributed by atoms with van der Waals surface area (Å²) in [5.41, 5.74) is 2.11. The number of hydrogen-bond acceptors (Lipinski definition) is 4. The van der Waals surface area contributed by atoms with Gasteiger partial charge in [-0.05, 0) is 30.2 Å². The third-order valence-corrected chi connectivity index (χ3v) is 5.40. The number of aryl methyl sites for hydroxylation is 1. The summed E-state index contributed by atoms with van der Waals surface area (Å²) >= 11 is 0. The van der Waals surface area contributed by atoms with Crippen LogP contribution in [0.4, 0.5) is 11.4 Å². The summed E-state index contributed by atoms with van der Waals surface area (Å²) in [6, 6.07) is 14.1. The van der Waals surface area contributed by atoms with Gasteiger partial charge in [0.2, 0.25) is 15.9 Å². The maximum Gasteiger partial charge on any atom is 0.233 e. The standard InChI is InChI=1S/C19H24N2O4S/c1-4-15-8-5-6-11-18(15)20-19(22)14(2)13-26(23,24)21-16-9-7-10-17(12-16)25-3/h5-12,14,21H,4,13H2,1-3H3,(H,20,22). The van der Waals surface area contributed by atoms with Gasteiger partial charge >= 0.3 is 0 Å². The molecule has 2 aromatic rings. The van der Waals surface area contributed by atoms with E-state index in [1.54, 1.807) is 31.2 Å². The summed E-state index contributed by atoms with van der Waals surface area (Å²) < 4.78 is 32.3. The average Bonchev–Trinajstić information content (AvgIpc) is 2.61. The molecule has 1 unspecified atom stereocenters. The number of nitrogens with one attached hydrogen (secondary N) is 2. The second-order valence-electron chi connectivity index (χ2n) is 6.02. The molecule has 0 bridgehead atoms. The molecule has 0 aromatic heterocycles. The van der Waals surface area contributed by atoms with Crippen LogP contribution in [-0.2, 0) is 21.2 Å². The van der Waals surface area contributed by atoms with Gasteiger partial charge in [0.1, 0.15) is 5.75 Å². The van der Waals surface area contributed by atoms with Gasteiger partial charge in [-0.2, -0.15) is 0 Å². The van der Waals surface area contributed by atoms with E-state index in [0.29, 0.717) is 17.1 Å². The van der Waals surface area contributed by atoms with Crippen molar-refractivity contribution in [1.82, 2.24) is 0 Å². The Kier molecular flexibility index (Phi) is 6.63. The maximum absolute atomic E-state index is 12.4. The van der Waals surface area contributed by atoms with E-state index in [9.17, 15) is 13.2 Å². The molecule has 0 heterocycles. The molecule has 0 aliphatic carbocycles. The number of hydrogen-bond donors (Lipinski definition) is 2. The van der Waals surface area contributed by atoms with Crippen LogP contribution in [0.2, 0.25) is 0 Å². The fourth-order valence-corrected chi connectivity index (χ4v) is 3.90. The van der Waals surface area contributed by atoms with E-state index in [1.807, 2.05) is 31.2 Å². The van der Waals surface area contributed by atoms with Gasteiger partial charge in [-0.3, -0.25) is 9.52 Å². The van der Waals surface area contributed by atoms with Gasteiger partial charge in [-0.25, -0.2) is 8.42 Å². The van der Waals surface area contributed by atoms with E-state index in [0.717, 1.165) is 12.0 Å². The lowest BCUT2D eigenvalue weighted by Crippen LogP contribution is -2.30. The molecule has 140 valence electrons. The molecule has 1 amide bonds. The highest BCUT2D eigenvalue weighted by Gasteiger charge is 2.22. The fraction of sp³-hybridized carbons (Fsp3) is 0.316. The largest absolute Gasteiger partial charge is 0.497 e. The molecule has 0 saturated heterocycles. The molecule has 6 nitrogen and oxygen atoms in total. The zero-order valence-corrected chi connectivity index (χ0v) is 16.0. The van der Waals surface area contributed by atoms with E-state index < -0.39 is 15.9 Å². The fourth-order valence-electron chi connectivity index (χ4n) is 2.52. The molecule has 0 spiro atoms. The SMILES string of the molecule is CCc1ccccc1NC(=O)C(C)CS(=O)(=O)Nc1cccc(OC)c1. The first-order chi connectivity index (χ1) is 12.3. The number of anilines is 2. The van der Waals surface area contributed by atoms with Crippen molar-refractivity contribution < 1.29 is 17.9 Å². The van der Waals surface area contributed by atoms with Gasteiger partial charge in [0, 0.05) is 11.8 Å². The van der Waals surface area contributed by atoms with Crippen LogP contribution in [0.25, 0.3) is 0 Å². The number of rotatable bonds is 8. The first-order valence-electron chi connectivity index (χ1n) is 8.38. The topological polar surface area (TPSA) is 84.5 Å². The van der Waals surface area contributed by atoms with Crippen LogP contribution in [0.15, 0.2) is 48.5 Å². The van der Waals surface area contributed by atoms with Crippen LogP contribution < -0.4 is 14.8 Å². The molecular weight excluding hydrogens is 352 g/mol. The van der Waals surface area contributed by atoms with Crippen LogP contribution in [0.3, 0.4) is 0 Å². The Labute approximate surface area is 154 Å². The molecule has 0 radical (unpaired) electrons. The van der Waals surface area contributed by atoms with Crippen molar-refractivity contribution in [3.05, 3.63) is 54.1 Å². The number of sulfonamides is 1. The first-order valence-corrected chi connectivity index (χ1v) is 10.0. The molecule has 1 atom stereocenters. The molecular formula is C19H24N2O4S. The van der Waals surface area contributed by atoms with Crippen molar-refractivity contribution in [3.8, 4) is 5.75 Å². The Morgan fingerprint density at radius 2 is 1.88 bits per heavy atom. The Bertz CT molecular complexity index is 865. The number of ether oxygens (including phenoxy) is 1. The Balaban J connectivity index is 2.02. The van der Waals surface area contributed by atoms with Crippen molar-refractivity contribution in [2.75, 3.05) is 22.9 Å². The summed E-state index contributed by atoms with van der Waals surface area (Å²) in [5, 5.41) is 2.81. The van der Waals surface area contributed by atoms with Crippen molar-refractivity contribution in [2.24, 2.45) is 5.92 Å². The van der Waals surface area contributed by atoms with E-state index in [1.165, 1.54) is 7.11 Å². The third kappa shape index (κ3) is 5.49. The molecule has 0 fully saturated rings. The van der Waals surface area contributed by atoms with Crippen LogP contribution in [0.1, 0.15) is 19.4 Å². The summed E-state index contributed by atoms with van der Waals surface area (Å²) in [4.78, 5) is 12.4. The lowest BCUT2D eigenvalue weighted by molar-refractivity contribution is -0.118. The highest BCUT2D eigenvalue weighted by molar-refractivity contribution is 7.92. The van der Waals surface area contributed by atoms with Crippen LogP contribution >= 0.6 is 0 Å². The van der Waals surface area contributed by atoms with Crippen molar-refractivity contribution in [3.63, 3.8) is 0 Å². The molecule has 2 N–H and O–H groups in total. The summed E-state index contributed by atoms with van der Waals surface area (Å²) in [6.07, 6.45) is 0.778. The average molecular weight is 376 g/mol. The van der Waals surface area contributed by atoms with Crippen LogP contribution in [0.5, 0.6) is 5.75 Å². The van der Waals surface area contributed by atoms with E-state index in [2.05, 4.69) is 10.0 Å². The molecule has 0 saturated carbocycles. The second-order valence-corrected chi connectivity index (χ2v) is 7.78. The van der Waals surface area contributed by atoms with Gasteiger partial charge < -0.3 is 10.1 Å². The molecule has 2 rings (SSSR count). The summed E-state index contributed by atoms with van der Waals surface area (Å²) in [5.74, 6) is -0.804. The number of carbonyl (C=O) groups excluding carboxylic acids is 1. The van der Waals surface area contributed by atoms with Gasteiger partial charge in [-0.15, -0.1) is 0 Å². The molecule has 26 heavy (non-hydrogen) atoms. The molecule has 2 aromatic carbocycles. The van der Waals surface area contributed by atoms with Crippen LogP contribution in [0, 0.1) is 5.92 Å². The minimum absolute atomic E-state index is 0.315. The Hall–Kier alpha value is -2.54. The van der Waals surface area contributed by atoms with E-state index in [-0.39, 0.29) is 11.7 Å². The van der Waals surface area contributed by atoms with E-state index >= 15 is 0 Å². The van der Waals surface area contributed by atoms with Crippen molar-refractivity contribution in [1.29, 1.82) is 0 Å². The third-order valence-electron chi connectivity index (χ3n) is 3.92. The normalized spacial score (nSPS) is 12.3. The minimum atomic E-state index is -3.68. The molecule has 7 heteroatoms. The summed E-state index contributed by atoms with van der Waals surface area (Å²) in [6.45, 7) is 3.59. The van der Waals surface area contributed by atoms with Crippen molar-refractivity contribution in [2.45, 2.75) is 20.3 Å². The molecule has 0 aliphatic rings. The van der Waals surface area contributed by atoms with Gasteiger partial charge in [0.25, 0.3) is 0 Å². The Morgan fingerprint density at radius 3 is 2.58 bits per heavy atom. The summed E-state index contributed by atoms with van der Waals surface area (Å²) in [7, 11) is -2.17. The predicted octanol–water partition coefficient (Wildman–Crippen LogP) is 3.27. The lowest BCUT2D eigenvalue weighted by atomic mass is 10.1. The van der Waals surface area contributed by atoms with Crippen molar-refractivity contribution >= 4 is 27.3 Å².